The van der Waals surface area contributed by atoms with Crippen molar-refractivity contribution in [1.82, 2.24) is 4.98 Å². The number of hydrogen-bond acceptors (Lipinski definition) is 5. The first kappa shape index (κ1) is 23.6. The fourth-order valence-electron chi connectivity index (χ4n) is 3.17. The number of carbonyl (C=O) groups is 1. The van der Waals surface area contributed by atoms with E-state index in [1.54, 1.807) is 25.3 Å². The summed E-state index contributed by atoms with van der Waals surface area (Å²) in [6.07, 6.45) is 2.38. The summed E-state index contributed by atoms with van der Waals surface area (Å²) in [5, 5.41) is 11.0. The number of aryl methyl sites for hydroxylation is 1. The fraction of sp³-hybridized carbons (Fsp3) is 0.240. The number of aromatic nitrogens is 1. The third kappa shape index (κ3) is 5.69. The molecule has 1 aromatic heterocycles. The molecule has 6 heteroatoms. The highest BCUT2D eigenvalue weighted by molar-refractivity contribution is 6.01. The van der Waals surface area contributed by atoms with Crippen molar-refractivity contribution in [3.05, 3.63) is 71.4 Å². The molecule has 1 amide bonds. The predicted octanol–water partition coefficient (Wildman–Crippen LogP) is 5.66. The van der Waals surface area contributed by atoms with Crippen LogP contribution in [0.5, 0.6) is 11.5 Å². The summed E-state index contributed by atoms with van der Waals surface area (Å²) in [5.74, 6) is 0.847. The Hall–Kier alpha value is -3.67. The van der Waals surface area contributed by atoms with E-state index < -0.39 is 5.91 Å². The predicted molar refractivity (Wildman–Crippen MR) is 127 cm³/mol. The van der Waals surface area contributed by atoms with Crippen molar-refractivity contribution in [3.63, 3.8) is 0 Å². The van der Waals surface area contributed by atoms with Crippen LogP contribution < -0.4 is 15.8 Å². The lowest BCUT2D eigenvalue weighted by atomic mass is 9.99. The number of nitrogens with zero attached hydrogens (tertiary/aromatic N) is 1. The summed E-state index contributed by atoms with van der Waals surface area (Å²) < 4.78 is 6.01. The number of primary amides is 1. The highest BCUT2D eigenvalue weighted by Crippen LogP contribution is 2.29. The maximum Gasteiger partial charge on any atom is 0.248 e. The average Bonchev–Trinajstić information content (AvgIpc) is 2.80. The first-order valence-corrected chi connectivity index (χ1v) is 10.4. The van der Waals surface area contributed by atoms with Gasteiger partial charge in [-0.25, -0.2) is 0 Å². The minimum atomic E-state index is -0.430. The average molecular weight is 419 g/mol. The van der Waals surface area contributed by atoms with Gasteiger partial charge in [0.1, 0.15) is 11.5 Å². The number of rotatable bonds is 7. The summed E-state index contributed by atoms with van der Waals surface area (Å²) >= 11 is 0. The number of nitrogens with one attached hydrogen (secondary N) is 2. The molecule has 1 heterocycles. The number of ether oxygens (including phenoxy) is 1. The Balaban J connectivity index is 0.00000166. The van der Waals surface area contributed by atoms with Gasteiger partial charge in [-0.3, -0.25) is 9.78 Å². The Morgan fingerprint density at radius 2 is 1.77 bits per heavy atom. The second kappa shape index (κ2) is 10.9. The van der Waals surface area contributed by atoms with E-state index in [1.165, 1.54) is 0 Å². The number of pyridine rings is 1. The normalized spacial score (nSPS) is 9.97. The van der Waals surface area contributed by atoms with Gasteiger partial charge in [-0.05, 0) is 55.3 Å². The summed E-state index contributed by atoms with van der Waals surface area (Å²) in [5.41, 5.74) is 10.6. The molecule has 0 fully saturated rings. The van der Waals surface area contributed by atoms with Crippen LogP contribution in [0, 0.1) is 5.41 Å². The molecule has 0 saturated carbocycles. The van der Waals surface area contributed by atoms with Crippen molar-refractivity contribution in [1.29, 1.82) is 5.41 Å². The molecule has 0 saturated heterocycles. The molecule has 31 heavy (non-hydrogen) atoms. The van der Waals surface area contributed by atoms with Crippen LogP contribution in [0.4, 0.5) is 5.69 Å². The topological polar surface area (TPSA) is 101 Å². The Kier molecular flexibility index (Phi) is 8.32. The van der Waals surface area contributed by atoms with Gasteiger partial charge in [0.15, 0.2) is 0 Å². The van der Waals surface area contributed by atoms with E-state index in [0.717, 1.165) is 28.1 Å². The van der Waals surface area contributed by atoms with Gasteiger partial charge in [0, 0.05) is 47.4 Å². The third-order valence-corrected chi connectivity index (χ3v) is 4.68. The van der Waals surface area contributed by atoms with Gasteiger partial charge in [-0.1, -0.05) is 26.8 Å². The zero-order chi connectivity index (χ0) is 23.0. The number of nitrogens with two attached hydrogens (primary N) is 1. The number of anilines is 1. The van der Waals surface area contributed by atoms with Crippen LogP contribution in [-0.4, -0.2) is 23.7 Å². The van der Waals surface area contributed by atoms with E-state index in [1.807, 2.05) is 64.2 Å². The Morgan fingerprint density at radius 1 is 1.06 bits per heavy atom. The summed E-state index contributed by atoms with van der Waals surface area (Å²) in [4.78, 5) is 16.0. The molecule has 0 aliphatic rings. The van der Waals surface area contributed by atoms with Crippen molar-refractivity contribution in [2.75, 3.05) is 12.4 Å². The van der Waals surface area contributed by atoms with Crippen molar-refractivity contribution in [2.24, 2.45) is 5.73 Å². The molecule has 0 radical (unpaired) electrons. The minimum absolute atomic E-state index is 0.430. The van der Waals surface area contributed by atoms with Crippen LogP contribution in [0.15, 0.2) is 54.7 Å². The smallest absolute Gasteiger partial charge is 0.248 e. The summed E-state index contributed by atoms with van der Waals surface area (Å²) in [6, 6.07) is 14.7. The number of amides is 1. The lowest BCUT2D eigenvalue weighted by Gasteiger charge is -2.12. The van der Waals surface area contributed by atoms with Gasteiger partial charge in [-0.2, -0.15) is 0 Å². The first-order valence-electron chi connectivity index (χ1n) is 10.4. The molecule has 162 valence electrons. The standard InChI is InChI=1S/C23H24N4O2.C2H6/c1-4-15-11-16(5-7-19(15)23(25)28)22-13-18(9-10-27-22)29-17-6-8-21(26-3)20(12-17)14(2)24;1-2/h5-13,24,26H,4H2,1-3H3,(H2,25,28);1-2H3. The van der Waals surface area contributed by atoms with Crippen LogP contribution in [0.2, 0.25) is 0 Å². The van der Waals surface area contributed by atoms with E-state index >= 15 is 0 Å². The SMILES string of the molecule is CC.CCc1cc(-c2cc(Oc3ccc(NC)c(C(C)=N)c3)ccn2)ccc1C(N)=O. The zero-order valence-electron chi connectivity index (χ0n) is 18.7. The van der Waals surface area contributed by atoms with E-state index in [-0.39, 0.29) is 0 Å². The first-order chi connectivity index (χ1) is 14.9. The van der Waals surface area contributed by atoms with Crippen LogP contribution >= 0.6 is 0 Å². The molecule has 0 spiro atoms. The molecule has 0 aliphatic carbocycles. The molecular formula is C25H30N4O2. The molecule has 3 rings (SSSR count). The van der Waals surface area contributed by atoms with Crippen LogP contribution in [0.1, 0.15) is 49.2 Å². The van der Waals surface area contributed by atoms with E-state index in [2.05, 4.69) is 10.3 Å². The second-order valence-corrected chi connectivity index (χ2v) is 6.65. The molecule has 3 aromatic rings. The molecule has 6 nitrogen and oxygen atoms in total. The molecule has 0 bridgehead atoms. The van der Waals surface area contributed by atoms with Crippen LogP contribution in [0.25, 0.3) is 11.3 Å². The maximum atomic E-state index is 11.6. The molecule has 4 N–H and O–H groups in total. The summed E-state index contributed by atoms with van der Waals surface area (Å²) in [6.45, 7) is 7.72. The number of benzene rings is 2. The van der Waals surface area contributed by atoms with E-state index in [0.29, 0.717) is 29.2 Å². The lowest BCUT2D eigenvalue weighted by Crippen LogP contribution is -2.13. The van der Waals surface area contributed by atoms with Crippen molar-refractivity contribution in [3.8, 4) is 22.8 Å². The van der Waals surface area contributed by atoms with Gasteiger partial charge in [-0.15, -0.1) is 0 Å². The van der Waals surface area contributed by atoms with Crippen molar-refractivity contribution >= 4 is 17.3 Å². The minimum Gasteiger partial charge on any atom is -0.457 e. The van der Waals surface area contributed by atoms with Gasteiger partial charge in [0.05, 0.1) is 5.69 Å². The zero-order valence-corrected chi connectivity index (χ0v) is 18.7. The molecule has 2 aromatic carbocycles. The number of carbonyl (C=O) groups excluding carboxylic acids is 1. The fourth-order valence-corrected chi connectivity index (χ4v) is 3.17. The van der Waals surface area contributed by atoms with Gasteiger partial charge in [0.25, 0.3) is 0 Å². The quantitative estimate of drug-likeness (QED) is 0.431. The Morgan fingerprint density at radius 3 is 2.39 bits per heavy atom. The monoisotopic (exact) mass is 418 g/mol. The second-order valence-electron chi connectivity index (χ2n) is 6.65. The Labute approximate surface area is 184 Å². The van der Waals surface area contributed by atoms with Gasteiger partial charge >= 0.3 is 0 Å². The van der Waals surface area contributed by atoms with E-state index in [9.17, 15) is 4.79 Å². The lowest BCUT2D eigenvalue weighted by molar-refractivity contribution is 0.0999. The van der Waals surface area contributed by atoms with Crippen LogP contribution in [-0.2, 0) is 6.42 Å². The van der Waals surface area contributed by atoms with Crippen molar-refractivity contribution < 1.29 is 9.53 Å². The number of hydrogen-bond donors (Lipinski definition) is 3. The molecular weight excluding hydrogens is 388 g/mol. The highest BCUT2D eigenvalue weighted by atomic mass is 16.5. The largest absolute Gasteiger partial charge is 0.457 e. The maximum absolute atomic E-state index is 11.6. The van der Waals surface area contributed by atoms with Gasteiger partial charge in [0.2, 0.25) is 5.91 Å². The third-order valence-electron chi connectivity index (χ3n) is 4.68. The Bertz CT molecular complexity index is 1080. The molecule has 0 atom stereocenters. The van der Waals surface area contributed by atoms with E-state index in [4.69, 9.17) is 15.9 Å². The van der Waals surface area contributed by atoms with Crippen LogP contribution in [0.3, 0.4) is 0 Å². The molecule has 0 aliphatic heterocycles. The highest BCUT2D eigenvalue weighted by Gasteiger charge is 2.11. The van der Waals surface area contributed by atoms with Crippen molar-refractivity contribution in [2.45, 2.75) is 34.1 Å². The van der Waals surface area contributed by atoms with Gasteiger partial charge < -0.3 is 21.2 Å². The summed E-state index contributed by atoms with van der Waals surface area (Å²) in [7, 11) is 1.82. The molecule has 0 unspecified atom stereocenters.